The van der Waals surface area contributed by atoms with Gasteiger partial charge in [0.1, 0.15) is 0 Å². The van der Waals surface area contributed by atoms with Crippen molar-refractivity contribution in [1.82, 2.24) is 0 Å². The van der Waals surface area contributed by atoms with Crippen LogP contribution >= 0.6 is 0 Å². The molecule has 0 amide bonds. The average Bonchev–Trinajstić information content (AvgIpc) is 3.40. The van der Waals surface area contributed by atoms with Crippen LogP contribution in [-0.4, -0.2) is 0 Å². The molecule has 0 unspecified atom stereocenters. The van der Waals surface area contributed by atoms with Crippen molar-refractivity contribution in [2.45, 2.75) is 83.1 Å². The van der Waals surface area contributed by atoms with Gasteiger partial charge in [0.2, 0.25) is 0 Å². The second-order valence-electron chi connectivity index (χ2n) is 19.9. The first kappa shape index (κ1) is 55.3. The summed E-state index contributed by atoms with van der Waals surface area (Å²) in [6.45, 7) is 25.5. The van der Waals surface area contributed by atoms with Crippen LogP contribution in [0.25, 0.3) is 54.9 Å². The summed E-state index contributed by atoms with van der Waals surface area (Å²) in [7, 11) is 0. The van der Waals surface area contributed by atoms with Crippen LogP contribution in [0.3, 0.4) is 0 Å². The highest BCUT2D eigenvalue weighted by Crippen LogP contribution is 2.25. The number of fused-ring (bicyclic) bond motifs is 2. The Bertz CT molecular complexity index is 3300. The lowest BCUT2D eigenvalue weighted by molar-refractivity contribution is 1.40. The largest absolute Gasteiger partial charge is 0.0620 e. The molecule has 0 nitrogen and oxygen atoms in total. The van der Waals surface area contributed by atoms with Crippen molar-refractivity contribution in [2.75, 3.05) is 0 Å². The predicted octanol–water partition coefficient (Wildman–Crippen LogP) is 21.1. The van der Waals surface area contributed by atoms with Crippen LogP contribution < -0.4 is 0 Å². The van der Waals surface area contributed by atoms with Gasteiger partial charge in [-0.1, -0.05) is 293 Å². The molecule has 0 aliphatic carbocycles. The number of hydrogen-bond acceptors (Lipinski definition) is 0. The lowest BCUT2D eigenvalue weighted by atomic mass is 10.00. The highest BCUT2D eigenvalue weighted by Gasteiger charge is 2.01. The summed E-state index contributed by atoms with van der Waals surface area (Å²) in [5.74, 6) is 0. The summed E-state index contributed by atoms with van der Waals surface area (Å²) in [6.07, 6.45) is 0. The molecule has 0 fully saturated rings. The Morgan fingerprint density at radius 3 is 0.851 bits per heavy atom. The zero-order chi connectivity index (χ0) is 53.0. The van der Waals surface area contributed by atoms with Crippen molar-refractivity contribution in [2.24, 2.45) is 0 Å². The molecule has 0 bridgehead atoms. The minimum atomic E-state index is 1.29. The number of hydrogen-bond donors (Lipinski definition) is 0. The molecule has 74 heavy (non-hydrogen) atoms. The van der Waals surface area contributed by atoms with E-state index in [0.29, 0.717) is 0 Å². The highest BCUT2D eigenvalue weighted by molar-refractivity contribution is 5.88. The van der Waals surface area contributed by atoms with Crippen molar-refractivity contribution in [3.05, 3.63) is 309 Å². The minimum absolute atomic E-state index is 1.29. The summed E-state index contributed by atoms with van der Waals surface area (Å²) in [6, 6.07) is 86.1. The first-order valence-electron chi connectivity index (χ1n) is 26.0. The molecule has 0 atom stereocenters. The van der Waals surface area contributed by atoms with Crippen LogP contribution in [0.2, 0.25) is 0 Å². The summed E-state index contributed by atoms with van der Waals surface area (Å²) in [5, 5.41) is 5.41. The average molecular weight is 965 g/mol. The van der Waals surface area contributed by atoms with E-state index in [1.807, 2.05) is 0 Å². The van der Waals surface area contributed by atoms with E-state index in [0.717, 1.165) is 0 Å². The molecule has 11 rings (SSSR count). The smallest absolute Gasteiger partial charge is 0.0152 e. The molecule has 0 saturated heterocycles. The predicted molar refractivity (Wildman–Crippen MR) is 327 cm³/mol. The van der Waals surface area contributed by atoms with E-state index in [2.05, 4.69) is 326 Å². The molecule has 0 spiro atoms. The van der Waals surface area contributed by atoms with Gasteiger partial charge in [0.05, 0.1) is 0 Å². The van der Waals surface area contributed by atoms with Gasteiger partial charge in [-0.15, -0.1) is 0 Å². The normalized spacial score (nSPS) is 10.2. The fraction of sp³-hybridized carbons (Fsp3) is 0.162. The second kappa shape index (κ2) is 27.7. The molecular formula is C74H76. The van der Waals surface area contributed by atoms with E-state index in [4.69, 9.17) is 0 Å². The quantitative estimate of drug-likeness (QED) is 0.166. The standard InChI is InChI=1S/3C14H14.2C12H12.C8H10/c1-11-3-7-13(8-4-11)14-9-5-12(2)6-10-14;1-11-6-8-13(9-7-11)14-5-3-4-12(2)10-14;1-11-7-9-13(10-8-11)14-6-4-3-5-12(14)2;1-9-3-5-12-8-10(2)4-6-11(12)7-9;1-9-5-3-8-12-10(2)6-4-7-11(9)12;1-7-3-5-8(2)6-4-7/h3*3-10H,1-2H3;2*3-8H,1-2H3;3-6H,1-2H3. The van der Waals surface area contributed by atoms with E-state index < -0.39 is 0 Å². The van der Waals surface area contributed by atoms with Crippen molar-refractivity contribution in [3.8, 4) is 33.4 Å². The van der Waals surface area contributed by atoms with Crippen molar-refractivity contribution in [1.29, 1.82) is 0 Å². The molecule has 0 aliphatic heterocycles. The first-order valence-corrected chi connectivity index (χ1v) is 26.0. The lowest BCUT2D eigenvalue weighted by Crippen LogP contribution is -1.82. The second-order valence-corrected chi connectivity index (χ2v) is 19.9. The molecule has 0 heterocycles. The Balaban J connectivity index is 0.000000146. The van der Waals surface area contributed by atoms with E-state index in [-0.39, 0.29) is 0 Å². The number of aryl methyl sites for hydroxylation is 12. The Morgan fingerprint density at radius 2 is 0.473 bits per heavy atom. The van der Waals surface area contributed by atoms with Gasteiger partial charge < -0.3 is 0 Å². The van der Waals surface area contributed by atoms with Gasteiger partial charge in [-0.05, 0) is 155 Å². The van der Waals surface area contributed by atoms with Gasteiger partial charge in [-0.3, -0.25) is 0 Å². The molecule has 11 aromatic carbocycles. The summed E-state index contributed by atoms with van der Waals surface area (Å²) < 4.78 is 0. The van der Waals surface area contributed by atoms with E-state index in [9.17, 15) is 0 Å². The fourth-order valence-electron chi connectivity index (χ4n) is 8.44. The van der Waals surface area contributed by atoms with Gasteiger partial charge in [0.25, 0.3) is 0 Å². The Kier molecular flexibility index (Phi) is 20.7. The third kappa shape index (κ3) is 17.3. The zero-order valence-electron chi connectivity index (χ0n) is 46.1. The van der Waals surface area contributed by atoms with E-state index in [1.165, 1.54) is 122 Å². The van der Waals surface area contributed by atoms with Crippen LogP contribution in [-0.2, 0) is 0 Å². The molecule has 0 N–H and O–H groups in total. The molecule has 0 radical (unpaired) electrons. The summed E-state index contributed by atoms with van der Waals surface area (Å²) in [4.78, 5) is 0. The summed E-state index contributed by atoms with van der Waals surface area (Å²) in [5.41, 5.74) is 23.7. The van der Waals surface area contributed by atoms with Crippen LogP contribution in [0.15, 0.2) is 243 Å². The van der Waals surface area contributed by atoms with Crippen LogP contribution in [0.5, 0.6) is 0 Å². The Labute approximate surface area is 445 Å². The number of rotatable bonds is 3. The van der Waals surface area contributed by atoms with Crippen molar-refractivity contribution >= 4 is 21.5 Å². The highest BCUT2D eigenvalue weighted by atomic mass is 14.1. The van der Waals surface area contributed by atoms with E-state index in [1.54, 1.807) is 0 Å². The molecule has 0 aliphatic rings. The maximum absolute atomic E-state index is 2.22. The lowest BCUT2D eigenvalue weighted by Gasteiger charge is -2.05. The SMILES string of the molecule is Cc1ccc(-c2ccc(C)cc2)cc1.Cc1ccc(-c2cccc(C)c2)cc1.Cc1ccc(-c2ccccc2C)cc1.Cc1ccc(C)cc1.Cc1ccc2cc(C)ccc2c1.Cc1cccc2c(C)cccc12. The molecule has 11 aromatic rings. The topological polar surface area (TPSA) is 0 Å². The fourth-order valence-corrected chi connectivity index (χ4v) is 8.44. The molecule has 0 saturated carbocycles. The van der Waals surface area contributed by atoms with Gasteiger partial charge >= 0.3 is 0 Å². The maximum Gasteiger partial charge on any atom is -0.0152 e. The summed E-state index contributed by atoms with van der Waals surface area (Å²) >= 11 is 0. The molecule has 0 heteroatoms. The van der Waals surface area contributed by atoms with Crippen molar-refractivity contribution < 1.29 is 0 Å². The molecule has 0 aromatic heterocycles. The third-order valence-electron chi connectivity index (χ3n) is 13.1. The Morgan fingerprint density at radius 1 is 0.176 bits per heavy atom. The minimum Gasteiger partial charge on any atom is -0.0620 e. The van der Waals surface area contributed by atoms with Gasteiger partial charge in [0.15, 0.2) is 0 Å². The van der Waals surface area contributed by atoms with Gasteiger partial charge in [0, 0.05) is 0 Å². The van der Waals surface area contributed by atoms with Crippen LogP contribution in [0.1, 0.15) is 66.8 Å². The zero-order valence-corrected chi connectivity index (χ0v) is 46.1. The number of benzene rings is 11. The maximum atomic E-state index is 2.22. The molecular weight excluding hydrogens is 889 g/mol. The Hall–Kier alpha value is -8.06. The molecule has 372 valence electrons. The first-order chi connectivity index (χ1) is 35.6. The van der Waals surface area contributed by atoms with Gasteiger partial charge in [-0.25, -0.2) is 0 Å². The van der Waals surface area contributed by atoms with Crippen molar-refractivity contribution in [3.63, 3.8) is 0 Å². The third-order valence-corrected chi connectivity index (χ3v) is 13.1. The van der Waals surface area contributed by atoms with Gasteiger partial charge in [-0.2, -0.15) is 0 Å². The monoisotopic (exact) mass is 965 g/mol. The van der Waals surface area contributed by atoms with Crippen LogP contribution in [0.4, 0.5) is 0 Å². The van der Waals surface area contributed by atoms with E-state index >= 15 is 0 Å². The van der Waals surface area contributed by atoms with Crippen LogP contribution in [0, 0.1) is 83.1 Å².